The Labute approximate surface area is 146 Å². The third kappa shape index (κ3) is 3.63. The molecule has 128 valence electrons. The number of carbonyl (C=O) groups excluding carboxylic acids is 2. The van der Waals surface area contributed by atoms with Gasteiger partial charge in [-0.15, -0.1) is 0 Å². The summed E-state index contributed by atoms with van der Waals surface area (Å²) in [5, 5.41) is -0.208. The Morgan fingerprint density at radius 1 is 1.17 bits per heavy atom. The summed E-state index contributed by atoms with van der Waals surface area (Å²) in [6.45, 7) is 4.00. The summed E-state index contributed by atoms with van der Waals surface area (Å²) in [5.74, 6) is 0.457. The summed E-state index contributed by atoms with van der Waals surface area (Å²) < 4.78 is 5.30. The Hall–Kier alpha value is -1.83. The highest BCUT2D eigenvalue weighted by atomic mass is 32.2. The fraction of sp³-hybridized carbons (Fsp3) is 0.412. The molecule has 0 bridgehead atoms. The number of methoxy groups -OCH3 is 1. The fourth-order valence-corrected chi connectivity index (χ4v) is 3.56. The Morgan fingerprint density at radius 2 is 1.88 bits per heavy atom. The first-order chi connectivity index (χ1) is 11.6. The molecule has 0 atom stereocenters. The molecule has 2 amide bonds. The van der Waals surface area contributed by atoms with Crippen molar-refractivity contribution in [2.24, 2.45) is 0 Å². The first kappa shape index (κ1) is 17.0. The summed E-state index contributed by atoms with van der Waals surface area (Å²) in [6.07, 6.45) is 1.73. The molecule has 7 heteroatoms. The normalized spacial score (nSPS) is 21.8. The number of ether oxygens (including phenoxy) is 1. The van der Waals surface area contributed by atoms with E-state index in [9.17, 15) is 9.59 Å². The van der Waals surface area contributed by atoms with Crippen molar-refractivity contribution in [1.29, 1.82) is 0 Å². The van der Waals surface area contributed by atoms with Crippen LogP contribution in [-0.4, -0.2) is 72.9 Å². The van der Waals surface area contributed by atoms with Crippen molar-refractivity contribution in [3.63, 3.8) is 0 Å². The number of carbonyl (C=O) groups is 2. The van der Waals surface area contributed by atoms with E-state index < -0.39 is 0 Å². The molecule has 1 aromatic carbocycles. The number of hydrogen-bond donors (Lipinski definition) is 0. The highest BCUT2D eigenvalue weighted by Crippen LogP contribution is 2.34. The largest absolute Gasteiger partial charge is 0.496 e. The van der Waals surface area contributed by atoms with E-state index in [1.165, 1.54) is 4.90 Å². The van der Waals surface area contributed by atoms with Gasteiger partial charge in [0.1, 0.15) is 5.75 Å². The summed E-state index contributed by atoms with van der Waals surface area (Å²) in [5.41, 5.74) is 0.796. The standard InChI is InChI=1S/C17H21N3O3S/c1-18-7-9-19(10-8-18)12-20-16(21)15(24-17(20)22)11-13-5-3-4-6-14(13)23-2/h3-6,11H,7-10,12H2,1-2H3/b15-11-. The average Bonchev–Trinajstić information content (AvgIpc) is 2.85. The number of imide groups is 1. The van der Waals surface area contributed by atoms with Crippen molar-refractivity contribution in [3.05, 3.63) is 34.7 Å². The number of thioether (sulfide) groups is 1. The number of hydrogen-bond acceptors (Lipinski definition) is 6. The van der Waals surface area contributed by atoms with Crippen LogP contribution in [-0.2, 0) is 4.79 Å². The lowest BCUT2D eigenvalue weighted by molar-refractivity contribution is -0.124. The Kier molecular flexibility index (Phi) is 5.23. The fourth-order valence-electron chi connectivity index (χ4n) is 2.74. The quantitative estimate of drug-likeness (QED) is 0.776. The van der Waals surface area contributed by atoms with Crippen LogP contribution in [0.1, 0.15) is 5.56 Å². The third-order valence-electron chi connectivity index (χ3n) is 4.24. The van der Waals surface area contributed by atoms with Gasteiger partial charge in [0.2, 0.25) is 0 Å². The Balaban J connectivity index is 1.73. The number of amides is 2. The minimum absolute atomic E-state index is 0.208. The maximum Gasteiger partial charge on any atom is 0.294 e. The molecule has 24 heavy (non-hydrogen) atoms. The zero-order valence-electron chi connectivity index (χ0n) is 13.9. The van der Waals surface area contributed by atoms with Gasteiger partial charge in [-0.2, -0.15) is 0 Å². The Morgan fingerprint density at radius 3 is 2.58 bits per heavy atom. The van der Waals surface area contributed by atoms with Crippen molar-refractivity contribution < 1.29 is 14.3 Å². The van der Waals surface area contributed by atoms with Gasteiger partial charge < -0.3 is 9.64 Å². The van der Waals surface area contributed by atoms with E-state index in [1.807, 2.05) is 24.3 Å². The number of rotatable bonds is 4. The van der Waals surface area contributed by atoms with Gasteiger partial charge in [0, 0.05) is 31.7 Å². The van der Waals surface area contributed by atoms with Gasteiger partial charge >= 0.3 is 0 Å². The van der Waals surface area contributed by atoms with Crippen molar-refractivity contribution in [1.82, 2.24) is 14.7 Å². The molecule has 2 aliphatic heterocycles. The van der Waals surface area contributed by atoms with Crippen molar-refractivity contribution in [2.45, 2.75) is 0 Å². The number of nitrogens with zero attached hydrogens (tertiary/aromatic N) is 3. The van der Waals surface area contributed by atoms with Crippen molar-refractivity contribution >= 4 is 29.0 Å². The molecule has 0 N–H and O–H groups in total. The van der Waals surface area contributed by atoms with E-state index in [0.717, 1.165) is 43.5 Å². The summed E-state index contributed by atoms with van der Waals surface area (Å²) in [4.78, 5) is 31.0. The predicted molar refractivity (Wildman–Crippen MR) is 94.7 cm³/mol. The van der Waals surface area contributed by atoms with Gasteiger partial charge in [-0.25, -0.2) is 0 Å². The number of para-hydroxylation sites is 1. The number of benzene rings is 1. The second kappa shape index (κ2) is 7.38. The summed E-state index contributed by atoms with van der Waals surface area (Å²) in [6, 6.07) is 7.45. The summed E-state index contributed by atoms with van der Waals surface area (Å²) >= 11 is 0.991. The molecule has 0 spiro atoms. The van der Waals surface area contributed by atoms with E-state index in [0.29, 0.717) is 17.3 Å². The molecule has 2 saturated heterocycles. The topological polar surface area (TPSA) is 53.1 Å². The van der Waals surface area contributed by atoms with E-state index in [1.54, 1.807) is 13.2 Å². The molecule has 0 unspecified atom stereocenters. The van der Waals surface area contributed by atoms with Gasteiger partial charge in [0.15, 0.2) is 0 Å². The van der Waals surface area contributed by atoms with Gasteiger partial charge in [0.05, 0.1) is 18.7 Å². The minimum atomic E-state index is -0.227. The molecule has 0 radical (unpaired) electrons. The molecule has 0 aliphatic carbocycles. The zero-order valence-corrected chi connectivity index (χ0v) is 14.7. The highest BCUT2D eigenvalue weighted by Gasteiger charge is 2.36. The smallest absolute Gasteiger partial charge is 0.294 e. The molecule has 2 aliphatic rings. The van der Waals surface area contributed by atoms with Crippen LogP contribution in [0.5, 0.6) is 5.75 Å². The van der Waals surface area contributed by atoms with Crippen molar-refractivity contribution in [2.75, 3.05) is 47.0 Å². The molecule has 2 fully saturated rings. The molecule has 0 aromatic heterocycles. The van der Waals surface area contributed by atoms with Crippen LogP contribution in [0.4, 0.5) is 4.79 Å². The average molecular weight is 347 g/mol. The van der Waals surface area contributed by atoms with Crippen LogP contribution in [0.2, 0.25) is 0 Å². The van der Waals surface area contributed by atoms with Crippen LogP contribution in [0, 0.1) is 0 Å². The van der Waals surface area contributed by atoms with Crippen LogP contribution in [0.15, 0.2) is 29.2 Å². The van der Waals surface area contributed by atoms with Crippen LogP contribution < -0.4 is 4.74 Å². The molecular formula is C17H21N3O3S. The molecule has 3 rings (SSSR count). The van der Waals surface area contributed by atoms with E-state index >= 15 is 0 Å². The van der Waals surface area contributed by atoms with Crippen LogP contribution in [0.3, 0.4) is 0 Å². The van der Waals surface area contributed by atoms with Gasteiger partial charge in [-0.3, -0.25) is 19.4 Å². The van der Waals surface area contributed by atoms with Gasteiger partial charge in [0.25, 0.3) is 11.1 Å². The number of likely N-dealkylation sites (N-methyl/N-ethyl adjacent to an activating group) is 1. The van der Waals surface area contributed by atoms with E-state index in [2.05, 4.69) is 16.8 Å². The molecular weight excluding hydrogens is 326 g/mol. The molecule has 2 heterocycles. The van der Waals surface area contributed by atoms with Gasteiger partial charge in [-0.05, 0) is 31.0 Å². The monoisotopic (exact) mass is 347 g/mol. The first-order valence-corrected chi connectivity index (χ1v) is 8.69. The van der Waals surface area contributed by atoms with Crippen molar-refractivity contribution in [3.8, 4) is 5.75 Å². The third-order valence-corrected chi connectivity index (χ3v) is 5.14. The second-order valence-corrected chi connectivity index (χ2v) is 6.91. The lowest BCUT2D eigenvalue weighted by Gasteiger charge is -2.33. The summed E-state index contributed by atoms with van der Waals surface area (Å²) in [7, 11) is 3.67. The molecule has 6 nitrogen and oxygen atoms in total. The Bertz CT molecular complexity index is 669. The van der Waals surface area contributed by atoms with Gasteiger partial charge in [-0.1, -0.05) is 18.2 Å². The minimum Gasteiger partial charge on any atom is -0.496 e. The maximum atomic E-state index is 12.6. The van der Waals surface area contributed by atoms with E-state index in [4.69, 9.17) is 4.74 Å². The molecule has 1 aromatic rings. The second-order valence-electron chi connectivity index (χ2n) is 5.91. The lowest BCUT2D eigenvalue weighted by Crippen LogP contribution is -2.49. The SMILES string of the molecule is COc1ccccc1/C=C1\SC(=O)N(CN2CCN(C)CC2)C1=O. The highest BCUT2D eigenvalue weighted by molar-refractivity contribution is 8.18. The zero-order chi connectivity index (χ0) is 17.1. The first-order valence-electron chi connectivity index (χ1n) is 7.88. The predicted octanol–water partition coefficient (Wildman–Crippen LogP) is 1.94. The maximum absolute atomic E-state index is 12.6. The lowest BCUT2D eigenvalue weighted by atomic mass is 10.2. The van der Waals surface area contributed by atoms with Crippen LogP contribution >= 0.6 is 11.8 Å². The van der Waals surface area contributed by atoms with Crippen LogP contribution in [0.25, 0.3) is 6.08 Å². The number of piperazine rings is 1. The van der Waals surface area contributed by atoms with E-state index in [-0.39, 0.29) is 11.1 Å². The molecule has 0 saturated carbocycles.